The fraction of sp³-hybridized carbons (Fsp3) is 0.750. The van der Waals surface area contributed by atoms with Gasteiger partial charge in [0.15, 0.2) is 5.37 Å². The van der Waals surface area contributed by atoms with Gasteiger partial charge in [-0.25, -0.2) is 0 Å². The largest absolute Gasteiger partial charge is 0.338 e. The molecule has 0 aliphatic rings. The lowest BCUT2D eigenvalue weighted by Crippen LogP contribution is -2.36. The third kappa shape index (κ3) is 6.08. The fourth-order valence-corrected chi connectivity index (χ4v) is 0.676. The lowest BCUT2D eigenvalue weighted by molar-refractivity contribution is -0.119. The van der Waals surface area contributed by atoms with E-state index < -0.39 is 21.4 Å². The van der Waals surface area contributed by atoms with E-state index in [9.17, 15) is 13.2 Å². The topological polar surface area (TPSA) is 83.5 Å². The number of carbonyl (C=O) groups is 1. The molecule has 0 aliphatic carbocycles. The lowest BCUT2D eigenvalue weighted by atomic mass is 10.6. The average molecular weight is 204 g/mol. The zero-order chi connectivity index (χ0) is 8.36. The maximum atomic E-state index is 10.2. The second kappa shape index (κ2) is 4.53. The Morgan fingerprint density at radius 3 is 2.00 bits per heavy atom. The van der Waals surface area contributed by atoms with Crippen LogP contribution in [0.1, 0.15) is 13.8 Å². The highest BCUT2D eigenvalue weighted by molar-refractivity contribution is 7.86. The van der Waals surface area contributed by atoms with Crippen molar-refractivity contribution < 1.29 is 17.8 Å². The smallest absolute Gasteiger partial charge is 0.285 e. The van der Waals surface area contributed by atoms with Crippen molar-refractivity contribution in [2.45, 2.75) is 19.2 Å². The van der Waals surface area contributed by atoms with E-state index in [0.29, 0.717) is 0 Å². The Morgan fingerprint density at radius 1 is 1.55 bits per heavy atom. The SMILES string of the molecule is CC(=O)NC(C)S(=O)(=O)O.Cl. The van der Waals surface area contributed by atoms with Crippen molar-refractivity contribution in [3.8, 4) is 0 Å². The molecule has 0 heterocycles. The van der Waals surface area contributed by atoms with Gasteiger partial charge in [0.25, 0.3) is 10.1 Å². The van der Waals surface area contributed by atoms with Crippen LogP contribution >= 0.6 is 12.4 Å². The first-order chi connectivity index (χ1) is 4.34. The molecule has 0 aromatic carbocycles. The standard InChI is InChI=1S/C4H9NO4S.ClH/c1-3(6)5-4(2)10(7,8)9;/h4H,1-2H3,(H,5,6)(H,7,8,9);1H. The molecule has 11 heavy (non-hydrogen) atoms. The number of hydrogen-bond acceptors (Lipinski definition) is 3. The Bertz CT molecular complexity index is 224. The quantitative estimate of drug-likeness (QED) is 0.608. The second-order valence-electron chi connectivity index (χ2n) is 1.86. The molecule has 68 valence electrons. The van der Waals surface area contributed by atoms with Crippen molar-refractivity contribution in [3.05, 3.63) is 0 Å². The number of hydrogen-bond donors (Lipinski definition) is 2. The number of nitrogens with one attached hydrogen (secondary N) is 1. The van der Waals surface area contributed by atoms with Gasteiger partial charge < -0.3 is 5.32 Å². The molecule has 1 atom stereocenters. The summed E-state index contributed by atoms with van der Waals surface area (Å²) in [4.78, 5) is 10.2. The monoisotopic (exact) mass is 203 g/mol. The Labute approximate surface area is 71.3 Å². The van der Waals surface area contributed by atoms with Crippen LogP contribution in [0.5, 0.6) is 0 Å². The van der Waals surface area contributed by atoms with E-state index in [2.05, 4.69) is 0 Å². The summed E-state index contributed by atoms with van der Waals surface area (Å²) in [5.41, 5.74) is 0. The minimum absolute atomic E-state index is 0. The van der Waals surface area contributed by atoms with Gasteiger partial charge >= 0.3 is 0 Å². The molecule has 0 aliphatic heterocycles. The normalized spacial score (nSPS) is 13.0. The van der Waals surface area contributed by atoms with Gasteiger partial charge in [0, 0.05) is 6.92 Å². The summed E-state index contributed by atoms with van der Waals surface area (Å²) in [5.74, 6) is -0.495. The summed E-state index contributed by atoms with van der Waals surface area (Å²) in [6, 6.07) is 0. The van der Waals surface area contributed by atoms with Crippen molar-refractivity contribution in [3.63, 3.8) is 0 Å². The molecule has 0 fully saturated rings. The van der Waals surface area contributed by atoms with Crippen molar-refractivity contribution >= 4 is 28.4 Å². The number of amides is 1. The molecule has 7 heteroatoms. The van der Waals surface area contributed by atoms with E-state index >= 15 is 0 Å². The molecule has 0 saturated heterocycles. The molecule has 0 bridgehead atoms. The van der Waals surface area contributed by atoms with Crippen molar-refractivity contribution in [2.75, 3.05) is 0 Å². The van der Waals surface area contributed by atoms with E-state index in [1.54, 1.807) is 0 Å². The molecule has 0 aromatic rings. The third-order valence-corrected chi connectivity index (χ3v) is 1.86. The van der Waals surface area contributed by atoms with Crippen LogP contribution in [0.3, 0.4) is 0 Å². The Hall–Kier alpha value is -0.330. The number of carbonyl (C=O) groups excluding carboxylic acids is 1. The third-order valence-electron chi connectivity index (χ3n) is 0.853. The van der Waals surface area contributed by atoms with Crippen LogP contribution < -0.4 is 5.32 Å². The second-order valence-corrected chi connectivity index (χ2v) is 3.59. The summed E-state index contributed by atoms with van der Waals surface area (Å²) in [6.07, 6.45) is 0. The first-order valence-electron chi connectivity index (χ1n) is 2.57. The van der Waals surface area contributed by atoms with Crippen LogP contribution in [0.2, 0.25) is 0 Å². The van der Waals surface area contributed by atoms with Crippen LogP contribution in [0.15, 0.2) is 0 Å². The van der Waals surface area contributed by atoms with Gasteiger partial charge in [-0.2, -0.15) is 8.42 Å². The highest BCUT2D eigenvalue weighted by atomic mass is 35.5. The van der Waals surface area contributed by atoms with Gasteiger partial charge in [-0.15, -0.1) is 12.4 Å². The predicted molar refractivity (Wildman–Crippen MR) is 42.1 cm³/mol. The first-order valence-corrected chi connectivity index (χ1v) is 4.07. The van der Waals surface area contributed by atoms with Crippen LogP contribution in [0, 0.1) is 0 Å². The van der Waals surface area contributed by atoms with E-state index in [-0.39, 0.29) is 12.4 Å². The molecule has 1 unspecified atom stereocenters. The van der Waals surface area contributed by atoms with E-state index in [4.69, 9.17) is 4.55 Å². The zero-order valence-corrected chi connectivity index (χ0v) is 7.70. The highest BCUT2D eigenvalue weighted by Crippen LogP contribution is 1.90. The number of halogens is 1. The van der Waals surface area contributed by atoms with Crippen molar-refractivity contribution in [1.82, 2.24) is 5.32 Å². The van der Waals surface area contributed by atoms with Crippen LogP contribution in [-0.4, -0.2) is 24.3 Å². The molecule has 1 amide bonds. The molecular formula is C4H10ClNO4S. The summed E-state index contributed by atoms with van der Waals surface area (Å²) in [5, 5.41) is 0.774. The molecule has 0 rings (SSSR count). The lowest BCUT2D eigenvalue weighted by Gasteiger charge is -2.07. The minimum atomic E-state index is -4.13. The average Bonchev–Trinajstić information content (AvgIpc) is 1.60. The van der Waals surface area contributed by atoms with E-state index in [1.165, 1.54) is 13.8 Å². The maximum Gasteiger partial charge on any atom is 0.285 e. The first kappa shape index (κ1) is 13.3. The van der Waals surface area contributed by atoms with Crippen molar-refractivity contribution in [1.29, 1.82) is 0 Å². The Morgan fingerprint density at radius 2 is 1.91 bits per heavy atom. The molecule has 0 saturated carbocycles. The van der Waals surface area contributed by atoms with Crippen molar-refractivity contribution in [2.24, 2.45) is 0 Å². The Balaban J connectivity index is 0. The van der Waals surface area contributed by atoms with Gasteiger partial charge in [-0.05, 0) is 6.92 Å². The van der Waals surface area contributed by atoms with Crippen LogP contribution in [0.25, 0.3) is 0 Å². The summed E-state index contributed by atoms with van der Waals surface area (Å²) in [6.45, 7) is 2.35. The zero-order valence-electron chi connectivity index (χ0n) is 6.07. The molecule has 2 N–H and O–H groups in total. The van der Waals surface area contributed by atoms with Gasteiger partial charge in [-0.3, -0.25) is 9.35 Å². The maximum absolute atomic E-state index is 10.2. The van der Waals surface area contributed by atoms with Crippen LogP contribution in [-0.2, 0) is 14.9 Å². The van der Waals surface area contributed by atoms with E-state index in [1.807, 2.05) is 5.32 Å². The highest BCUT2D eigenvalue weighted by Gasteiger charge is 2.16. The Kier molecular flexibility index (Phi) is 5.46. The van der Waals surface area contributed by atoms with Gasteiger partial charge in [-0.1, -0.05) is 0 Å². The summed E-state index contributed by atoms with van der Waals surface area (Å²) in [7, 11) is -4.13. The summed E-state index contributed by atoms with van der Waals surface area (Å²) < 4.78 is 28.7. The summed E-state index contributed by atoms with van der Waals surface area (Å²) >= 11 is 0. The predicted octanol–water partition coefficient (Wildman–Crippen LogP) is -0.222. The number of rotatable bonds is 2. The molecule has 0 radical (unpaired) electrons. The van der Waals surface area contributed by atoms with Gasteiger partial charge in [0.2, 0.25) is 5.91 Å². The fourth-order valence-electron chi connectivity index (χ4n) is 0.361. The minimum Gasteiger partial charge on any atom is -0.338 e. The van der Waals surface area contributed by atoms with Gasteiger partial charge in [0.1, 0.15) is 0 Å². The van der Waals surface area contributed by atoms with Crippen LogP contribution in [0.4, 0.5) is 0 Å². The molecular weight excluding hydrogens is 194 g/mol. The molecule has 0 spiro atoms. The molecule has 5 nitrogen and oxygen atoms in total. The van der Waals surface area contributed by atoms with Gasteiger partial charge in [0.05, 0.1) is 0 Å². The molecule has 0 aromatic heterocycles. The van der Waals surface area contributed by atoms with E-state index in [0.717, 1.165) is 0 Å².